The largest absolute Gasteiger partial charge is 0.486 e. The summed E-state index contributed by atoms with van der Waals surface area (Å²) in [6.07, 6.45) is -0.375. The first kappa shape index (κ1) is 11.1. The minimum atomic E-state index is -2.87. The van der Waals surface area contributed by atoms with Gasteiger partial charge in [-0.3, -0.25) is 0 Å². The number of nitrogens with two attached hydrogens (primary N) is 1. The lowest BCUT2D eigenvalue weighted by Crippen LogP contribution is -2.30. The average Bonchev–Trinajstić information content (AvgIpc) is 2.28. The predicted octanol–water partition coefficient (Wildman–Crippen LogP) is 1.59. The van der Waals surface area contributed by atoms with Crippen LogP contribution in [-0.2, 0) is 6.42 Å². The number of hydrogen-bond donors (Lipinski definition) is 1. The topological polar surface area (TPSA) is 44.5 Å². The maximum atomic E-state index is 13.1. The molecule has 16 heavy (non-hydrogen) atoms. The molecule has 1 heterocycles. The number of benzene rings is 1. The molecule has 5 heteroatoms. The first-order valence-electron chi connectivity index (χ1n) is 5.07. The normalized spacial score (nSPS) is 14.9. The summed E-state index contributed by atoms with van der Waals surface area (Å²) in [5.41, 5.74) is 5.49. The van der Waals surface area contributed by atoms with Gasteiger partial charge < -0.3 is 15.2 Å². The van der Waals surface area contributed by atoms with E-state index in [9.17, 15) is 8.78 Å². The smallest absolute Gasteiger partial charge is 0.264 e. The van der Waals surface area contributed by atoms with Gasteiger partial charge in [-0.25, -0.2) is 8.78 Å². The van der Waals surface area contributed by atoms with Crippen molar-refractivity contribution in [2.24, 2.45) is 5.73 Å². The van der Waals surface area contributed by atoms with E-state index in [-0.39, 0.29) is 6.42 Å². The van der Waals surface area contributed by atoms with Crippen molar-refractivity contribution in [3.8, 4) is 11.5 Å². The highest BCUT2D eigenvalue weighted by Crippen LogP contribution is 2.32. The number of rotatable bonds is 3. The maximum absolute atomic E-state index is 13.1. The minimum absolute atomic E-state index is 0.375. The second-order valence-corrected chi connectivity index (χ2v) is 3.71. The second kappa shape index (κ2) is 4.25. The van der Waals surface area contributed by atoms with E-state index in [4.69, 9.17) is 15.2 Å². The van der Waals surface area contributed by atoms with E-state index in [0.29, 0.717) is 30.3 Å². The summed E-state index contributed by atoms with van der Waals surface area (Å²) in [7, 11) is 0. The molecule has 2 N–H and O–H groups in total. The maximum Gasteiger partial charge on any atom is 0.264 e. The molecule has 0 amide bonds. The van der Waals surface area contributed by atoms with Crippen molar-refractivity contribution in [3.05, 3.63) is 23.8 Å². The molecule has 0 saturated carbocycles. The first-order chi connectivity index (χ1) is 7.61. The Morgan fingerprint density at radius 3 is 2.56 bits per heavy atom. The Morgan fingerprint density at radius 2 is 1.88 bits per heavy atom. The van der Waals surface area contributed by atoms with E-state index < -0.39 is 12.5 Å². The Morgan fingerprint density at radius 1 is 1.19 bits per heavy atom. The standard InChI is InChI=1S/C11H13F2NO2/c12-11(13,7-14)6-8-1-2-9-10(5-8)16-4-3-15-9/h1-2,5H,3-4,6-7,14H2. The summed E-state index contributed by atoms with van der Waals surface area (Å²) < 4.78 is 36.8. The van der Waals surface area contributed by atoms with Crippen LogP contribution in [0.1, 0.15) is 5.56 Å². The van der Waals surface area contributed by atoms with E-state index >= 15 is 0 Å². The number of fused-ring (bicyclic) bond motifs is 1. The third kappa shape index (κ3) is 2.41. The molecule has 0 aliphatic carbocycles. The van der Waals surface area contributed by atoms with E-state index in [2.05, 4.69) is 0 Å². The molecule has 1 aliphatic rings. The fraction of sp³-hybridized carbons (Fsp3) is 0.455. The lowest BCUT2D eigenvalue weighted by molar-refractivity contribution is 0.0114. The Labute approximate surface area is 92.1 Å². The van der Waals surface area contributed by atoms with Gasteiger partial charge in [0.25, 0.3) is 5.92 Å². The molecule has 1 aliphatic heterocycles. The average molecular weight is 229 g/mol. The Kier molecular flexibility index (Phi) is 2.96. The fourth-order valence-electron chi connectivity index (χ4n) is 1.57. The van der Waals surface area contributed by atoms with Gasteiger partial charge in [0.2, 0.25) is 0 Å². The van der Waals surface area contributed by atoms with Crippen LogP contribution in [-0.4, -0.2) is 25.7 Å². The van der Waals surface area contributed by atoms with Gasteiger partial charge in [0.05, 0.1) is 6.54 Å². The molecule has 0 aromatic heterocycles. The second-order valence-electron chi connectivity index (χ2n) is 3.71. The zero-order valence-corrected chi connectivity index (χ0v) is 8.71. The molecule has 3 nitrogen and oxygen atoms in total. The molecule has 0 radical (unpaired) electrons. The zero-order valence-electron chi connectivity index (χ0n) is 8.71. The highest BCUT2D eigenvalue weighted by Gasteiger charge is 2.27. The number of ether oxygens (including phenoxy) is 2. The van der Waals surface area contributed by atoms with Crippen molar-refractivity contribution >= 4 is 0 Å². The zero-order chi connectivity index (χ0) is 11.6. The highest BCUT2D eigenvalue weighted by atomic mass is 19.3. The summed E-state index contributed by atoms with van der Waals surface area (Å²) in [6.45, 7) is 0.288. The minimum Gasteiger partial charge on any atom is -0.486 e. The van der Waals surface area contributed by atoms with Gasteiger partial charge in [-0.05, 0) is 17.7 Å². The predicted molar refractivity (Wildman–Crippen MR) is 55.1 cm³/mol. The van der Waals surface area contributed by atoms with Gasteiger partial charge in [-0.1, -0.05) is 6.07 Å². The Balaban J connectivity index is 2.17. The molecule has 0 spiro atoms. The molecule has 0 unspecified atom stereocenters. The lowest BCUT2D eigenvalue weighted by Gasteiger charge is -2.20. The molecule has 2 rings (SSSR count). The summed E-state index contributed by atoms with van der Waals surface area (Å²) in [6, 6.07) is 4.84. The fourth-order valence-corrected chi connectivity index (χ4v) is 1.57. The van der Waals surface area contributed by atoms with Gasteiger partial charge in [-0.15, -0.1) is 0 Å². The summed E-state index contributed by atoms with van der Waals surface area (Å²) >= 11 is 0. The van der Waals surface area contributed by atoms with E-state index in [0.717, 1.165) is 0 Å². The van der Waals surface area contributed by atoms with Crippen molar-refractivity contribution in [1.29, 1.82) is 0 Å². The third-order valence-electron chi connectivity index (χ3n) is 2.37. The summed E-state index contributed by atoms with van der Waals surface area (Å²) in [5, 5.41) is 0. The van der Waals surface area contributed by atoms with Crippen LogP contribution in [0.2, 0.25) is 0 Å². The highest BCUT2D eigenvalue weighted by molar-refractivity contribution is 5.44. The van der Waals surface area contributed by atoms with Crippen LogP contribution in [0.3, 0.4) is 0 Å². The monoisotopic (exact) mass is 229 g/mol. The van der Waals surface area contributed by atoms with Crippen molar-refractivity contribution < 1.29 is 18.3 Å². The molecule has 1 aromatic carbocycles. The molecular weight excluding hydrogens is 216 g/mol. The van der Waals surface area contributed by atoms with Crippen LogP contribution < -0.4 is 15.2 Å². The van der Waals surface area contributed by atoms with Crippen LogP contribution in [0.25, 0.3) is 0 Å². The number of hydrogen-bond acceptors (Lipinski definition) is 3. The summed E-state index contributed by atoms with van der Waals surface area (Å²) in [5.74, 6) is -1.74. The van der Waals surface area contributed by atoms with Crippen LogP contribution in [0, 0.1) is 0 Å². The number of halogens is 2. The van der Waals surface area contributed by atoms with Crippen molar-refractivity contribution in [3.63, 3.8) is 0 Å². The van der Waals surface area contributed by atoms with Crippen molar-refractivity contribution in [1.82, 2.24) is 0 Å². The molecule has 1 aromatic rings. The van der Waals surface area contributed by atoms with Crippen LogP contribution >= 0.6 is 0 Å². The SMILES string of the molecule is NCC(F)(F)Cc1ccc2c(c1)OCCO2. The first-order valence-corrected chi connectivity index (χ1v) is 5.07. The molecule has 0 saturated heterocycles. The van der Waals surface area contributed by atoms with Gasteiger partial charge in [0.1, 0.15) is 13.2 Å². The van der Waals surface area contributed by atoms with Gasteiger partial charge in [0, 0.05) is 6.42 Å². The quantitative estimate of drug-likeness (QED) is 0.856. The lowest BCUT2D eigenvalue weighted by atomic mass is 10.1. The van der Waals surface area contributed by atoms with Crippen molar-refractivity contribution in [2.75, 3.05) is 19.8 Å². The van der Waals surface area contributed by atoms with Gasteiger partial charge in [0.15, 0.2) is 11.5 Å². The third-order valence-corrected chi connectivity index (χ3v) is 2.37. The van der Waals surface area contributed by atoms with Gasteiger partial charge in [-0.2, -0.15) is 0 Å². The number of alkyl halides is 2. The van der Waals surface area contributed by atoms with E-state index in [1.807, 2.05) is 0 Å². The van der Waals surface area contributed by atoms with Crippen molar-refractivity contribution in [2.45, 2.75) is 12.3 Å². The van der Waals surface area contributed by atoms with Crippen LogP contribution in [0.15, 0.2) is 18.2 Å². The molecular formula is C11H13F2NO2. The Bertz CT molecular complexity index is 382. The molecule has 0 atom stereocenters. The van der Waals surface area contributed by atoms with Crippen LogP contribution in [0.5, 0.6) is 11.5 Å². The van der Waals surface area contributed by atoms with E-state index in [1.54, 1.807) is 18.2 Å². The Hall–Kier alpha value is -1.36. The molecule has 88 valence electrons. The van der Waals surface area contributed by atoms with Gasteiger partial charge >= 0.3 is 0 Å². The molecule has 0 bridgehead atoms. The summed E-state index contributed by atoms with van der Waals surface area (Å²) in [4.78, 5) is 0. The van der Waals surface area contributed by atoms with E-state index in [1.165, 1.54) is 0 Å². The van der Waals surface area contributed by atoms with Crippen LogP contribution in [0.4, 0.5) is 8.78 Å². The molecule has 0 fully saturated rings.